The van der Waals surface area contributed by atoms with Gasteiger partial charge in [-0.2, -0.15) is 0 Å². The van der Waals surface area contributed by atoms with Crippen LogP contribution in [0.3, 0.4) is 0 Å². The van der Waals surface area contributed by atoms with E-state index in [9.17, 15) is 9.50 Å². The van der Waals surface area contributed by atoms with E-state index in [1.54, 1.807) is 19.1 Å². The second-order valence-electron chi connectivity index (χ2n) is 4.55. The SMILES string of the molecule is C[C@H](O)c1cccc(F)c1N(C)C1CCC1. The van der Waals surface area contributed by atoms with Crippen LogP contribution in [0.2, 0.25) is 0 Å². The summed E-state index contributed by atoms with van der Waals surface area (Å²) in [6.07, 6.45) is 2.81. The minimum atomic E-state index is -0.631. The molecule has 0 aliphatic heterocycles. The number of benzene rings is 1. The number of para-hydroxylation sites is 1. The van der Waals surface area contributed by atoms with E-state index < -0.39 is 6.10 Å². The summed E-state index contributed by atoms with van der Waals surface area (Å²) >= 11 is 0. The first kappa shape index (κ1) is 11.4. The Labute approximate surface area is 95.7 Å². The molecule has 0 spiro atoms. The summed E-state index contributed by atoms with van der Waals surface area (Å²) < 4.78 is 13.8. The fourth-order valence-corrected chi connectivity index (χ4v) is 2.20. The lowest BCUT2D eigenvalue weighted by Gasteiger charge is -2.37. The van der Waals surface area contributed by atoms with Gasteiger partial charge in [-0.25, -0.2) is 4.39 Å². The predicted molar refractivity (Wildman–Crippen MR) is 63.1 cm³/mol. The Morgan fingerprint density at radius 3 is 2.62 bits per heavy atom. The molecule has 1 saturated carbocycles. The van der Waals surface area contributed by atoms with Crippen LogP contribution in [0.1, 0.15) is 37.9 Å². The number of nitrogens with zero attached hydrogens (tertiary/aromatic N) is 1. The predicted octanol–water partition coefficient (Wildman–Crippen LogP) is 2.87. The Kier molecular flexibility index (Phi) is 3.15. The zero-order chi connectivity index (χ0) is 11.7. The maximum Gasteiger partial charge on any atom is 0.146 e. The lowest BCUT2D eigenvalue weighted by atomic mass is 9.90. The molecule has 0 amide bonds. The van der Waals surface area contributed by atoms with Crippen LogP contribution >= 0.6 is 0 Å². The molecule has 3 heteroatoms. The third kappa shape index (κ3) is 1.92. The number of halogens is 1. The number of aliphatic hydroxyl groups is 1. The fraction of sp³-hybridized carbons (Fsp3) is 0.538. The molecule has 0 heterocycles. The minimum Gasteiger partial charge on any atom is -0.389 e. The average molecular weight is 223 g/mol. The molecule has 1 aromatic carbocycles. The Bertz CT molecular complexity index is 374. The summed E-state index contributed by atoms with van der Waals surface area (Å²) in [4.78, 5) is 1.97. The first-order valence-electron chi connectivity index (χ1n) is 5.80. The van der Waals surface area contributed by atoms with Gasteiger partial charge < -0.3 is 10.0 Å². The second kappa shape index (κ2) is 4.42. The molecular formula is C13H18FNO. The van der Waals surface area contributed by atoms with Gasteiger partial charge in [0.25, 0.3) is 0 Å². The van der Waals surface area contributed by atoms with E-state index in [0.29, 0.717) is 17.3 Å². The van der Waals surface area contributed by atoms with Gasteiger partial charge in [0, 0.05) is 18.7 Å². The van der Waals surface area contributed by atoms with Crippen LogP contribution in [0.15, 0.2) is 18.2 Å². The van der Waals surface area contributed by atoms with Gasteiger partial charge in [0.15, 0.2) is 0 Å². The van der Waals surface area contributed by atoms with E-state index in [0.717, 1.165) is 12.8 Å². The van der Waals surface area contributed by atoms with Gasteiger partial charge in [-0.15, -0.1) is 0 Å². The van der Waals surface area contributed by atoms with Crippen molar-refractivity contribution in [1.82, 2.24) is 0 Å². The highest BCUT2D eigenvalue weighted by atomic mass is 19.1. The molecule has 1 aliphatic rings. The molecule has 1 aliphatic carbocycles. The summed E-state index contributed by atoms with van der Waals surface area (Å²) in [5, 5.41) is 9.66. The van der Waals surface area contributed by atoms with E-state index >= 15 is 0 Å². The molecule has 88 valence electrons. The number of aliphatic hydroxyl groups excluding tert-OH is 1. The largest absolute Gasteiger partial charge is 0.389 e. The van der Waals surface area contributed by atoms with Crippen molar-refractivity contribution in [1.29, 1.82) is 0 Å². The first-order valence-corrected chi connectivity index (χ1v) is 5.80. The monoisotopic (exact) mass is 223 g/mol. The molecule has 2 nitrogen and oxygen atoms in total. The van der Waals surface area contributed by atoms with E-state index in [2.05, 4.69) is 0 Å². The van der Waals surface area contributed by atoms with Crippen LogP contribution in [-0.2, 0) is 0 Å². The highest BCUT2D eigenvalue weighted by molar-refractivity contribution is 5.56. The molecule has 1 aromatic rings. The smallest absolute Gasteiger partial charge is 0.146 e. The standard InChI is InChI=1S/C13H18FNO/c1-9(16)11-7-4-8-12(14)13(11)15(2)10-5-3-6-10/h4,7-10,16H,3,5-6H2,1-2H3/t9-/m0/s1. The van der Waals surface area contributed by atoms with Crippen molar-refractivity contribution in [2.45, 2.75) is 38.3 Å². The van der Waals surface area contributed by atoms with E-state index in [1.807, 2.05) is 11.9 Å². The van der Waals surface area contributed by atoms with E-state index in [1.165, 1.54) is 12.5 Å². The maximum atomic E-state index is 13.8. The van der Waals surface area contributed by atoms with Crippen molar-refractivity contribution in [2.24, 2.45) is 0 Å². The van der Waals surface area contributed by atoms with Gasteiger partial charge in [-0.05, 0) is 32.3 Å². The number of anilines is 1. The van der Waals surface area contributed by atoms with Gasteiger partial charge in [-0.3, -0.25) is 0 Å². The summed E-state index contributed by atoms with van der Waals surface area (Å²) in [5.74, 6) is -0.243. The van der Waals surface area contributed by atoms with Crippen LogP contribution in [0.5, 0.6) is 0 Å². The fourth-order valence-electron chi connectivity index (χ4n) is 2.20. The number of hydrogen-bond donors (Lipinski definition) is 1. The second-order valence-corrected chi connectivity index (χ2v) is 4.55. The quantitative estimate of drug-likeness (QED) is 0.851. The third-order valence-electron chi connectivity index (χ3n) is 3.44. The maximum absolute atomic E-state index is 13.8. The summed E-state index contributed by atoms with van der Waals surface area (Å²) in [6, 6.07) is 5.32. The van der Waals surface area contributed by atoms with E-state index in [4.69, 9.17) is 0 Å². The van der Waals surface area contributed by atoms with Gasteiger partial charge in [-0.1, -0.05) is 12.1 Å². The molecule has 1 N–H and O–H groups in total. The number of hydrogen-bond acceptors (Lipinski definition) is 2. The van der Waals surface area contributed by atoms with Gasteiger partial charge in [0.1, 0.15) is 5.82 Å². The summed E-state index contributed by atoms with van der Waals surface area (Å²) in [6.45, 7) is 1.67. The zero-order valence-electron chi connectivity index (χ0n) is 9.78. The molecule has 16 heavy (non-hydrogen) atoms. The topological polar surface area (TPSA) is 23.5 Å². The Hall–Kier alpha value is -1.09. The van der Waals surface area contributed by atoms with Crippen LogP contribution in [0.25, 0.3) is 0 Å². The molecule has 1 fully saturated rings. The lowest BCUT2D eigenvalue weighted by Crippen LogP contribution is -2.38. The minimum absolute atomic E-state index is 0.243. The van der Waals surface area contributed by atoms with Crippen LogP contribution < -0.4 is 4.90 Å². The van der Waals surface area contributed by atoms with Gasteiger partial charge in [0.2, 0.25) is 0 Å². The Balaban J connectivity index is 2.36. The van der Waals surface area contributed by atoms with Crippen molar-refractivity contribution in [2.75, 3.05) is 11.9 Å². The van der Waals surface area contributed by atoms with Gasteiger partial charge in [0.05, 0.1) is 11.8 Å². The van der Waals surface area contributed by atoms with Crippen LogP contribution in [-0.4, -0.2) is 18.2 Å². The normalized spacial score (nSPS) is 18.0. The average Bonchev–Trinajstić information content (AvgIpc) is 2.14. The highest BCUT2D eigenvalue weighted by Gasteiger charge is 2.26. The first-order chi connectivity index (χ1) is 7.61. The molecular weight excluding hydrogens is 205 g/mol. The van der Waals surface area contributed by atoms with Crippen LogP contribution in [0.4, 0.5) is 10.1 Å². The molecule has 0 radical (unpaired) electrons. The highest BCUT2D eigenvalue weighted by Crippen LogP contribution is 2.34. The van der Waals surface area contributed by atoms with E-state index in [-0.39, 0.29) is 5.82 Å². The Morgan fingerprint density at radius 2 is 2.12 bits per heavy atom. The van der Waals surface area contributed by atoms with Crippen LogP contribution in [0, 0.1) is 5.82 Å². The number of rotatable bonds is 3. The Morgan fingerprint density at radius 1 is 1.44 bits per heavy atom. The summed E-state index contributed by atoms with van der Waals surface area (Å²) in [5.41, 5.74) is 1.23. The van der Waals surface area contributed by atoms with Crippen molar-refractivity contribution < 1.29 is 9.50 Å². The zero-order valence-corrected chi connectivity index (χ0v) is 9.78. The van der Waals surface area contributed by atoms with Gasteiger partial charge >= 0.3 is 0 Å². The van der Waals surface area contributed by atoms with Crippen molar-refractivity contribution >= 4 is 5.69 Å². The molecule has 0 aromatic heterocycles. The summed E-state index contributed by atoms with van der Waals surface area (Å²) in [7, 11) is 1.91. The molecule has 0 bridgehead atoms. The van der Waals surface area contributed by atoms with Crippen molar-refractivity contribution in [3.63, 3.8) is 0 Å². The molecule has 0 unspecified atom stereocenters. The molecule has 2 rings (SSSR count). The van der Waals surface area contributed by atoms with Crippen molar-refractivity contribution in [3.8, 4) is 0 Å². The van der Waals surface area contributed by atoms with Crippen molar-refractivity contribution in [3.05, 3.63) is 29.6 Å². The third-order valence-corrected chi connectivity index (χ3v) is 3.44. The molecule has 1 atom stereocenters. The molecule has 0 saturated heterocycles. The lowest BCUT2D eigenvalue weighted by molar-refractivity contribution is 0.199.